The molecule has 2 N–H and O–H groups in total. The lowest BCUT2D eigenvalue weighted by atomic mass is 9.93. The minimum absolute atomic E-state index is 0.0309. The summed E-state index contributed by atoms with van der Waals surface area (Å²) in [5.74, 6) is 0.547. The normalized spacial score (nSPS) is 13.9. The number of nitrogens with one attached hydrogen (secondary N) is 2. The molecule has 0 fully saturated rings. The summed E-state index contributed by atoms with van der Waals surface area (Å²) in [5.41, 5.74) is 5.98. The highest BCUT2D eigenvalue weighted by atomic mass is 16.6. The van der Waals surface area contributed by atoms with Gasteiger partial charge < -0.3 is 9.73 Å². The lowest BCUT2D eigenvalue weighted by molar-refractivity contribution is -0.384. The highest BCUT2D eigenvalue weighted by molar-refractivity contribution is 6.09. The Kier molecular flexibility index (Phi) is 6.48. The summed E-state index contributed by atoms with van der Waals surface area (Å²) in [4.78, 5) is 39.7. The van der Waals surface area contributed by atoms with E-state index < -0.39 is 10.8 Å². The monoisotopic (exact) mass is 461 g/mol. The van der Waals surface area contributed by atoms with E-state index in [-0.39, 0.29) is 23.8 Å². The molecule has 0 saturated carbocycles. The summed E-state index contributed by atoms with van der Waals surface area (Å²) in [6.45, 7) is 3.63. The Labute approximate surface area is 195 Å². The van der Waals surface area contributed by atoms with E-state index in [1.165, 1.54) is 24.3 Å². The van der Waals surface area contributed by atoms with E-state index in [9.17, 15) is 19.7 Å². The van der Waals surface area contributed by atoms with Crippen LogP contribution in [0.3, 0.4) is 0 Å². The summed E-state index contributed by atoms with van der Waals surface area (Å²) in [6, 6.07) is 11.1. The van der Waals surface area contributed by atoms with E-state index in [1.807, 2.05) is 19.1 Å². The lowest BCUT2D eigenvalue weighted by Gasteiger charge is -2.13. The van der Waals surface area contributed by atoms with Crippen LogP contribution in [-0.2, 0) is 17.6 Å². The maximum absolute atomic E-state index is 12.8. The minimum atomic E-state index is -0.490. The molecule has 1 aromatic carbocycles. The number of anilines is 1. The number of fused-ring (bicyclic) bond motifs is 1. The van der Waals surface area contributed by atoms with Crippen molar-refractivity contribution in [1.82, 2.24) is 10.4 Å². The second kappa shape index (κ2) is 9.65. The number of aromatic nitrogens is 1. The summed E-state index contributed by atoms with van der Waals surface area (Å²) in [7, 11) is 0. The Hall–Kier alpha value is -4.34. The number of benzene rings is 1. The van der Waals surface area contributed by atoms with Crippen LogP contribution in [-0.4, -0.2) is 27.4 Å². The van der Waals surface area contributed by atoms with Crippen molar-refractivity contribution in [2.45, 2.75) is 39.5 Å². The van der Waals surface area contributed by atoms with Crippen LogP contribution >= 0.6 is 0 Å². The molecule has 0 bridgehead atoms. The van der Waals surface area contributed by atoms with Crippen LogP contribution in [0.15, 0.2) is 52.0 Å². The summed E-state index contributed by atoms with van der Waals surface area (Å²) >= 11 is 0. The van der Waals surface area contributed by atoms with Crippen molar-refractivity contribution in [3.63, 3.8) is 0 Å². The first-order valence-corrected chi connectivity index (χ1v) is 10.8. The summed E-state index contributed by atoms with van der Waals surface area (Å²) in [5, 5.41) is 17.8. The van der Waals surface area contributed by atoms with Gasteiger partial charge in [-0.2, -0.15) is 5.10 Å². The van der Waals surface area contributed by atoms with Crippen molar-refractivity contribution in [3.8, 4) is 0 Å². The molecule has 34 heavy (non-hydrogen) atoms. The summed E-state index contributed by atoms with van der Waals surface area (Å²) < 4.78 is 5.88. The standard InChI is InChI=1S/C24H23N5O5/c1-14-5-3-8-20(25-14)26-24(31)23-15(2)22-18(6-4-7-19(22)34-23)27-28-21(30)13-16-9-11-17(12-10-16)29(32)33/h3,5,8-12H,4,6-7,13H2,1-2H3,(H,28,30)(H,25,26,31)/b27-18+. The zero-order valence-corrected chi connectivity index (χ0v) is 18.8. The van der Waals surface area contributed by atoms with E-state index >= 15 is 0 Å². The fourth-order valence-corrected chi connectivity index (χ4v) is 3.87. The molecule has 10 nitrogen and oxygen atoms in total. The molecule has 0 saturated heterocycles. The number of pyridine rings is 1. The topological polar surface area (TPSA) is 140 Å². The molecular formula is C24H23N5O5. The maximum Gasteiger partial charge on any atom is 0.292 e. The van der Waals surface area contributed by atoms with Crippen LogP contribution in [0, 0.1) is 24.0 Å². The largest absolute Gasteiger partial charge is 0.455 e. The number of carbonyl (C=O) groups is 2. The second-order valence-corrected chi connectivity index (χ2v) is 8.02. The average Bonchev–Trinajstić information content (AvgIpc) is 3.15. The number of carbonyl (C=O) groups excluding carboxylic acids is 2. The fourth-order valence-electron chi connectivity index (χ4n) is 3.87. The van der Waals surface area contributed by atoms with Crippen molar-refractivity contribution in [1.29, 1.82) is 0 Å². The van der Waals surface area contributed by atoms with Gasteiger partial charge in [-0.3, -0.25) is 19.7 Å². The van der Waals surface area contributed by atoms with Gasteiger partial charge in [-0.15, -0.1) is 0 Å². The van der Waals surface area contributed by atoms with Gasteiger partial charge in [0.05, 0.1) is 17.1 Å². The van der Waals surface area contributed by atoms with Crippen LogP contribution in [0.5, 0.6) is 0 Å². The smallest absolute Gasteiger partial charge is 0.292 e. The van der Waals surface area contributed by atoms with Gasteiger partial charge in [0.15, 0.2) is 5.76 Å². The van der Waals surface area contributed by atoms with Crippen molar-refractivity contribution in [2.75, 3.05) is 5.32 Å². The number of non-ortho nitro benzene ring substituents is 1. The van der Waals surface area contributed by atoms with Gasteiger partial charge in [0.25, 0.3) is 11.6 Å². The number of furan rings is 1. The van der Waals surface area contributed by atoms with Crippen molar-refractivity contribution in [2.24, 2.45) is 5.10 Å². The molecule has 3 aromatic rings. The van der Waals surface area contributed by atoms with Gasteiger partial charge in [-0.05, 0) is 44.4 Å². The van der Waals surface area contributed by atoms with Gasteiger partial charge >= 0.3 is 0 Å². The Morgan fingerprint density at radius 3 is 2.62 bits per heavy atom. The van der Waals surface area contributed by atoms with Gasteiger partial charge in [0.2, 0.25) is 5.91 Å². The molecule has 10 heteroatoms. The Bertz CT molecular complexity index is 1290. The Balaban J connectivity index is 1.48. The van der Waals surface area contributed by atoms with E-state index in [0.29, 0.717) is 41.3 Å². The number of nitro benzene ring substituents is 1. The van der Waals surface area contributed by atoms with E-state index in [0.717, 1.165) is 17.7 Å². The lowest BCUT2D eigenvalue weighted by Crippen LogP contribution is -2.23. The highest BCUT2D eigenvalue weighted by Crippen LogP contribution is 2.30. The summed E-state index contributed by atoms with van der Waals surface area (Å²) in [6.07, 6.45) is 2.11. The van der Waals surface area contributed by atoms with E-state index in [2.05, 4.69) is 20.8 Å². The molecule has 1 aliphatic rings. The first-order chi connectivity index (χ1) is 16.3. The third-order valence-corrected chi connectivity index (χ3v) is 5.49. The molecule has 0 unspecified atom stereocenters. The molecule has 4 rings (SSSR count). The number of aryl methyl sites for hydroxylation is 2. The van der Waals surface area contributed by atoms with Gasteiger partial charge in [0, 0.05) is 35.4 Å². The third-order valence-electron chi connectivity index (χ3n) is 5.49. The number of nitrogens with zero attached hydrogens (tertiary/aromatic N) is 3. The van der Waals surface area contributed by atoms with Gasteiger partial charge in [-0.25, -0.2) is 10.4 Å². The first-order valence-electron chi connectivity index (χ1n) is 10.8. The second-order valence-electron chi connectivity index (χ2n) is 8.02. The van der Waals surface area contributed by atoms with Crippen molar-refractivity contribution < 1.29 is 18.9 Å². The number of hydrogen-bond acceptors (Lipinski definition) is 7. The molecule has 1 aliphatic carbocycles. The highest BCUT2D eigenvalue weighted by Gasteiger charge is 2.28. The molecule has 0 atom stereocenters. The van der Waals surface area contributed by atoms with Crippen molar-refractivity contribution >= 4 is 29.0 Å². The minimum Gasteiger partial charge on any atom is -0.455 e. The fraction of sp³-hybridized carbons (Fsp3) is 0.250. The first kappa shape index (κ1) is 22.8. The number of hydrazone groups is 1. The molecule has 2 aromatic heterocycles. The SMILES string of the molecule is Cc1cccc(NC(=O)c2oc3c(c2C)/C(=N/NC(=O)Cc2ccc([N+](=O)[O-])cc2)CCC3)n1. The van der Waals surface area contributed by atoms with E-state index in [1.54, 1.807) is 13.0 Å². The van der Waals surface area contributed by atoms with Crippen molar-refractivity contribution in [3.05, 3.63) is 86.5 Å². The number of rotatable bonds is 6. The van der Waals surface area contributed by atoms with Gasteiger partial charge in [-0.1, -0.05) is 18.2 Å². The van der Waals surface area contributed by atoms with Gasteiger partial charge in [0.1, 0.15) is 11.6 Å². The molecular weight excluding hydrogens is 438 g/mol. The average molecular weight is 461 g/mol. The van der Waals surface area contributed by atoms with Crippen LogP contribution in [0.1, 0.15) is 51.5 Å². The maximum atomic E-state index is 12.8. The zero-order valence-electron chi connectivity index (χ0n) is 18.8. The predicted octanol–water partition coefficient (Wildman–Crippen LogP) is 3.85. The molecule has 0 radical (unpaired) electrons. The zero-order chi connectivity index (χ0) is 24.2. The number of amides is 2. The molecule has 2 amide bonds. The predicted molar refractivity (Wildman–Crippen MR) is 125 cm³/mol. The quantitative estimate of drug-likeness (QED) is 0.422. The van der Waals surface area contributed by atoms with Crippen LogP contribution in [0.2, 0.25) is 0 Å². The van der Waals surface area contributed by atoms with E-state index in [4.69, 9.17) is 4.42 Å². The van der Waals surface area contributed by atoms with Crippen LogP contribution in [0.25, 0.3) is 0 Å². The van der Waals surface area contributed by atoms with Crippen LogP contribution < -0.4 is 10.7 Å². The molecule has 2 heterocycles. The third kappa shape index (κ3) is 5.01. The molecule has 0 spiro atoms. The number of hydrogen-bond donors (Lipinski definition) is 2. The molecule has 174 valence electrons. The number of nitro groups is 1. The Morgan fingerprint density at radius 2 is 1.91 bits per heavy atom. The Morgan fingerprint density at radius 1 is 1.15 bits per heavy atom. The van der Waals surface area contributed by atoms with Crippen LogP contribution in [0.4, 0.5) is 11.5 Å². The molecule has 0 aliphatic heterocycles.